The number of rotatable bonds is 9. The molecule has 3 heterocycles. The van der Waals surface area contributed by atoms with Crippen molar-refractivity contribution in [2.24, 2.45) is 11.8 Å². The van der Waals surface area contributed by atoms with Gasteiger partial charge in [0, 0.05) is 24.8 Å². The summed E-state index contributed by atoms with van der Waals surface area (Å²) in [6.07, 6.45) is 6.00. The Morgan fingerprint density at radius 2 is 1.68 bits per heavy atom. The average molecular weight is 521 g/mol. The summed E-state index contributed by atoms with van der Waals surface area (Å²) >= 11 is 0. The summed E-state index contributed by atoms with van der Waals surface area (Å²) in [6.45, 7) is 12.7. The predicted molar refractivity (Wildman–Crippen MR) is 148 cm³/mol. The van der Waals surface area contributed by atoms with Crippen molar-refractivity contribution in [1.82, 2.24) is 19.2 Å². The SMILES string of the molecule is CC(C)CCN(CCC(C)C)C(=O)c1ccc2nc(-c3ccc(F)c(F)c3)c(C#CCN3CCCC3)n2c1. The number of carbonyl (C=O) groups excluding carboxylic acids is 1. The summed E-state index contributed by atoms with van der Waals surface area (Å²) in [4.78, 5) is 22.6. The van der Waals surface area contributed by atoms with Gasteiger partial charge in [-0.3, -0.25) is 14.1 Å². The fourth-order valence-electron chi connectivity index (χ4n) is 4.64. The van der Waals surface area contributed by atoms with Crippen molar-refractivity contribution in [2.45, 2.75) is 53.4 Å². The van der Waals surface area contributed by atoms with Crippen LogP contribution in [0.1, 0.15) is 69.4 Å². The molecule has 0 bridgehead atoms. The second kappa shape index (κ2) is 12.5. The second-order valence-electron chi connectivity index (χ2n) is 11.0. The van der Waals surface area contributed by atoms with Crippen molar-refractivity contribution < 1.29 is 13.6 Å². The number of benzene rings is 1. The maximum Gasteiger partial charge on any atom is 0.255 e. The van der Waals surface area contributed by atoms with Crippen LogP contribution < -0.4 is 0 Å². The number of fused-ring (bicyclic) bond motifs is 1. The van der Waals surface area contributed by atoms with E-state index in [4.69, 9.17) is 4.98 Å². The van der Waals surface area contributed by atoms with Crippen LogP contribution >= 0.6 is 0 Å². The zero-order valence-corrected chi connectivity index (χ0v) is 22.9. The van der Waals surface area contributed by atoms with Gasteiger partial charge in [0.15, 0.2) is 11.6 Å². The Bertz CT molecular complexity index is 1320. The lowest BCUT2D eigenvalue weighted by Gasteiger charge is -2.24. The number of aromatic nitrogens is 2. The monoisotopic (exact) mass is 520 g/mol. The van der Waals surface area contributed by atoms with Gasteiger partial charge in [-0.1, -0.05) is 33.6 Å². The fourth-order valence-corrected chi connectivity index (χ4v) is 4.64. The van der Waals surface area contributed by atoms with Gasteiger partial charge in [0.1, 0.15) is 17.0 Å². The molecule has 4 rings (SSSR count). The minimum absolute atomic E-state index is 0.0211. The number of halogens is 2. The van der Waals surface area contributed by atoms with Gasteiger partial charge in [-0.2, -0.15) is 0 Å². The summed E-state index contributed by atoms with van der Waals surface area (Å²) in [5.74, 6) is 5.62. The Hall–Kier alpha value is -3.24. The summed E-state index contributed by atoms with van der Waals surface area (Å²) in [6, 6.07) is 7.35. The standard InChI is InChI=1S/C31H38F2N4O/c1-22(2)13-18-36(19-14-23(3)4)31(38)25-10-12-29-34-30(24-9-11-26(32)27(33)20-24)28(37(29)21-25)8-7-17-35-15-5-6-16-35/h9-12,20-23H,5-6,13-19H2,1-4H3. The molecule has 1 fully saturated rings. The maximum absolute atomic E-state index is 14.1. The van der Waals surface area contributed by atoms with Gasteiger partial charge >= 0.3 is 0 Å². The van der Waals surface area contributed by atoms with Crippen LogP contribution in [0.15, 0.2) is 36.5 Å². The van der Waals surface area contributed by atoms with Gasteiger partial charge in [-0.25, -0.2) is 13.8 Å². The zero-order chi connectivity index (χ0) is 27.2. The van der Waals surface area contributed by atoms with Crippen molar-refractivity contribution in [1.29, 1.82) is 0 Å². The third kappa shape index (κ3) is 6.79. The second-order valence-corrected chi connectivity index (χ2v) is 11.0. The Balaban J connectivity index is 1.73. The molecule has 0 unspecified atom stereocenters. The number of imidazole rings is 1. The molecule has 3 aromatic rings. The summed E-state index contributed by atoms with van der Waals surface area (Å²) in [5.41, 5.74) is 2.64. The lowest BCUT2D eigenvalue weighted by molar-refractivity contribution is 0.0740. The largest absolute Gasteiger partial charge is 0.339 e. The topological polar surface area (TPSA) is 40.9 Å². The molecule has 1 aliphatic heterocycles. The summed E-state index contributed by atoms with van der Waals surface area (Å²) in [5, 5.41) is 0. The van der Waals surface area contributed by atoms with Crippen molar-refractivity contribution in [2.75, 3.05) is 32.7 Å². The highest BCUT2D eigenvalue weighted by Crippen LogP contribution is 2.26. The molecule has 0 radical (unpaired) electrons. The zero-order valence-electron chi connectivity index (χ0n) is 22.9. The van der Waals surface area contributed by atoms with E-state index in [1.807, 2.05) is 9.30 Å². The molecule has 38 heavy (non-hydrogen) atoms. The number of nitrogens with zero attached hydrogens (tertiary/aromatic N) is 4. The summed E-state index contributed by atoms with van der Waals surface area (Å²) in [7, 11) is 0. The Morgan fingerprint density at radius 1 is 1.00 bits per heavy atom. The number of hydrogen-bond acceptors (Lipinski definition) is 3. The molecule has 0 atom stereocenters. The molecule has 7 heteroatoms. The van der Waals surface area contributed by atoms with E-state index in [1.165, 1.54) is 18.9 Å². The van der Waals surface area contributed by atoms with Gasteiger partial charge in [0.05, 0.1) is 12.1 Å². The van der Waals surface area contributed by atoms with Crippen LogP contribution in [0, 0.1) is 35.3 Å². The first-order valence-corrected chi connectivity index (χ1v) is 13.7. The first-order chi connectivity index (χ1) is 18.2. The molecule has 0 saturated carbocycles. The molecule has 1 aliphatic rings. The Labute approximate surface area is 224 Å². The smallest absolute Gasteiger partial charge is 0.255 e. The maximum atomic E-state index is 14.1. The van der Waals surface area contributed by atoms with Crippen LogP contribution in [-0.4, -0.2) is 57.8 Å². The van der Waals surface area contributed by atoms with Gasteiger partial charge in [0.2, 0.25) is 0 Å². The van der Waals surface area contributed by atoms with Crippen LogP contribution in [0.3, 0.4) is 0 Å². The van der Waals surface area contributed by atoms with Crippen LogP contribution in [0.4, 0.5) is 8.78 Å². The normalized spacial score (nSPS) is 13.9. The molecule has 0 N–H and O–H groups in total. The highest BCUT2D eigenvalue weighted by Gasteiger charge is 2.20. The van der Waals surface area contributed by atoms with Crippen molar-refractivity contribution >= 4 is 11.6 Å². The summed E-state index contributed by atoms with van der Waals surface area (Å²) < 4.78 is 29.6. The van der Waals surface area contributed by atoms with Crippen LogP contribution in [0.5, 0.6) is 0 Å². The average Bonchev–Trinajstić information content (AvgIpc) is 3.53. The molecule has 0 aliphatic carbocycles. The van der Waals surface area contributed by atoms with E-state index >= 15 is 0 Å². The molecule has 0 spiro atoms. The van der Waals surface area contributed by atoms with Gasteiger partial charge < -0.3 is 4.90 Å². The van der Waals surface area contributed by atoms with E-state index in [9.17, 15) is 13.6 Å². The number of pyridine rings is 1. The Kier molecular flexibility index (Phi) is 9.17. The molecule has 1 aromatic carbocycles. The van der Waals surface area contributed by atoms with Gasteiger partial charge in [-0.15, -0.1) is 0 Å². The minimum Gasteiger partial charge on any atom is -0.339 e. The third-order valence-corrected chi connectivity index (χ3v) is 7.01. The fraction of sp³-hybridized carbons (Fsp3) is 0.484. The molecule has 1 amide bonds. The minimum atomic E-state index is -0.933. The molecule has 2 aromatic heterocycles. The third-order valence-electron chi connectivity index (χ3n) is 7.01. The molecule has 1 saturated heterocycles. The molecular formula is C31H38F2N4O. The number of carbonyl (C=O) groups is 1. The number of hydrogen-bond donors (Lipinski definition) is 0. The molecule has 5 nitrogen and oxygen atoms in total. The van der Waals surface area contributed by atoms with E-state index in [0.717, 1.165) is 38.1 Å². The van der Waals surface area contributed by atoms with E-state index in [-0.39, 0.29) is 5.91 Å². The number of likely N-dealkylation sites (tertiary alicyclic amines) is 1. The van der Waals surface area contributed by atoms with Crippen LogP contribution in [0.2, 0.25) is 0 Å². The van der Waals surface area contributed by atoms with Crippen LogP contribution in [-0.2, 0) is 0 Å². The highest BCUT2D eigenvalue weighted by molar-refractivity contribution is 5.94. The number of amides is 1. The Morgan fingerprint density at radius 3 is 2.32 bits per heavy atom. The van der Waals surface area contributed by atoms with Gasteiger partial charge in [-0.05, 0) is 86.9 Å². The van der Waals surface area contributed by atoms with E-state index in [1.54, 1.807) is 18.3 Å². The van der Waals surface area contributed by atoms with E-state index < -0.39 is 11.6 Å². The van der Waals surface area contributed by atoms with Crippen molar-refractivity contribution in [3.63, 3.8) is 0 Å². The van der Waals surface area contributed by atoms with Crippen molar-refractivity contribution in [3.05, 3.63) is 59.4 Å². The lowest BCUT2D eigenvalue weighted by atomic mass is 10.1. The molecular weight excluding hydrogens is 482 g/mol. The quantitative estimate of drug-likeness (QED) is 0.313. The first-order valence-electron chi connectivity index (χ1n) is 13.7. The molecule has 202 valence electrons. The van der Waals surface area contributed by atoms with E-state index in [0.29, 0.717) is 59.6 Å². The van der Waals surface area contributed by atoms with Crippen LogP contribution in [0.25, 0.3) is 16.9 Å². The van der Waals surface area contributed by atoms with Crippen molar-refractivity contribution in [3.8, 4) is 23.1 Å². The van der Waals surface area contributed by atoms with Gasteiger partial charge in [0.25, 0.3) is 5.91 Å². The predicted octanol–water partition coefficient (Wildman–Crippen LogP) is 6.26. The highest BCUT2D eigenvalue weighted by atomic mass is 19.2. The van der Waals surface area contributed by atoms with E-state index in [2.05, 4.69) is 44.4 Å². The first kappa shape index (κ1) is 27.8. The lowest BCUT2D eigenvalue weighted by Crippen LogP contribution is -2.34.